The van der Waals surface area contributed by atoms with Crippen molar-refractivity contribution in [1.82, 2.24) is 0 Å². The van der Waals surface area contributed by atoms with Crippen LogP contribution in [0.5, 0.6) is 5.75 Å². The first-order valence-corrected chi connectivity index (χ1v) is 6.30. The molecule has 1 saturated heterocycles. The van der Waals surface area contributed by atoms with Gasteiger partial charge in [-0.1, -0.05) is 18.6 Å². The number of rotatable bonds is 3. The minimum atomic E-state index is 0.351. The van der Waals surface area contributed by atoms with Gasteiger partial charge in [0.05, 0.1) is 12.7 Å². The predicted molar refractivity (Wildman–Crippen MR) is 62.6 cm³/mol. The molecular weight excluding hydrogens is 200 g/mol. The van der Waals surface area contributed by atoms with E-state index >= 15 is 0 Å². The first-order valence-electron chi connectivity index (χ1n) is 6.30. The zero-order valence-electron chi connectivity index (χ0n) is 9.52. The molecule has 1 atom stereocenters. The van der Waals surface area contributed by atoms with Gasteiger partial charge in [-0.05, 0) is 43.4 Å². The first-order chi connectivity index (χ1) is 7.92. The summed E-state index contributed by atoms with van der Waals surface area (Å²) in [5, 5.41) is 0. The highest BCUT2D eigenvalue weighted by atomic mass is 16.6. The van der Waals surface area contributed by atoms with Crippen LogP contribution < -0.4 is 4.74 Å². The van der Waals surface area contributed by atoms with E-state index in [1.807, 2.05) is 0 Å². The number of ether oxygens (including phenoxy) is 2. The van der Waals surface area contributed by atoms with Crippen LogP contribution in [-0.4, -0.2) is 12.7 Å². The number of epoxide rings is 1. The molecule has 1 aliphatic carbocycles. The van der Waals surface area contributed by atoms with Crippen molar-refractivity contribution in [2.24, 2.45) is 0 Å². The molecule has 0 N–H and O–H groups in total. The van der Waals surface area contributed by atoms with Gasteiger partial charge in [-0.15, -0.1) is 0 Å². The first kappa shape index (κ1) is 10.2. The number of benzene rings is 1. The van der Waals surface area contributed by atoms with E-state index in [1.165, 1.54) is 37.7 Å². The van der Waals surface area contributed by atoms with Crippen molar-refractivity contribution in [2.45, 2.75) is 44.3 Å². The van der Waals surface area contributed by atoms with Crippen LogP contribution in [-0.2, 0) is 4.74 Å². The van der Waals surface area contributed by atoms with Crippen molar-refractivity contribution in [3.8, 4) is 5.75 Å². The highest BCUT2D eigenvalue weighted by Crippen LogP contribution is 2.31. The van der Waals surface area contributed by atoms with Crippen LogP contribution in [0.1, 0.15) is 43.8 Å². The van der Waals surface area contributed by atoms with E-state index in [1.54, 1.807) is 0 Å². The van der Waals surface area contributed by atoms with Gasteiger partial charge in [0.1, 0.15) is 11.9 Å². The molecule has 1 aromatic rings. The molecule has 0 bridgehead atoms. The molecule has 2 fully saturated rings. The summed E-state index contributed by atoms with van der Waals surface area (Å²) in [4.78, 5) is 0. The predicted octanol–water partition coefficient (Wildman–Crippen LogP) is 3.47. The lowest BCUT2D eigenvalue weighted by atomic mass is 9.98. The van der Waals surface area contributed by atoms with Crippen molar-refractivity contribution >= 4 is 0 Å². The second-order valence-corrected chi connectivity index (χ2v) is 4.77. The van der Waals surface area contributed by atoms with Gasteiger partial charge in [0.15, 0.2) is 0 Å². The Kier molecular flexibility index (Phi) is 2.83. The topological polar surface area (TPSA) is 21.8 Å². The Morgan fingerprint density at radius 1 is 1.00 bits per heavy atom. The van der Waals surface area contributed by atoms with E-state index in [-0.39, 0.29) is 0 Å². The van der Waals surface area contributed by atoms with Crippen LogP contribution in [0.25, 0.3) is 0 Å². The molecule has 0 radical (unpaired) electrons. The molecule has 16 heavy (non-hydrogen) atoms. The second kappa shape index (κ2) is 4.46. The maximum absolute atomic E-state index is 5.97. The average molecular weight is 218 g/mol. The minimum absolute atomic E-state index is 0.351. The van der Waals surface area contributed by atoms with Gasteiger partial charge >= 0.3 is 0 Å². The third-order valence-electron chi connectivity index (χ3n) is 3.44. The van der Waals surface area contributed by atoms with Crippen LogP contribution in [0.15, 0.2) is 24.3 Å². The zero-order valence-corrected chi connectivity index (χ0v) is 9.52. The third-order valence-corrected chi connectivity index (χ3v) is 3.44. The lowest BCUT2D eigenvalue weighted by Crippen LogP contribution is -2.19. The average Bonchev–Trinajstić information content (AvgIpc) is 3.15. The van der Waals surface area contributed by atoms with Crippen LogP contribution in [0.3, 0.4) is 0 Å². The molecule has 2 aliphatic rings. The van der Waals surface area contributed by atoms with E-state index in [0.717, 1.165) is 12.4 Å². The molecular formula is C14H18O2. The van der Waals surface area contributed by atoms with Crippen LogP contribution in [0.2, 0.25) is 0 Å². The number of hydrogen-bond donors (Lipinski definition) is 0. The van der Waals surface area contributed by atoms with E-state index in [0.29, 0.717) is 12.2 Å². The highest BCUT2D eigenvalue weighted by Gasteiger charge is 2.24. The molecule has 2 heteroatoms. The fourth-order valence-electron chi connectivity index (χ4n) is 2.38. The molecule has 1 aliphatic heterocycles. The molecule has 0 spiro atoms. The summed E-state index contributed by atoms with van der Waals surface area (Å²) in [7, 11) is 0. The molecule has 1 aromatic carbocycles. The largest absolute Gasteiger partial charge is 0.490 e. The van der Waals surface area contributed by atoms with Crippen LogP contribution in [0.4, 0.5) is 0 Å². The summed E-state index contributed by atoms with van der Waals surface area (Å²) in [6.07, 6.45) is 7.23. The maximum atomic E-state index is 5.97. The molecule has 0 aromatic heterocycles. The molecule has 86 valence electrons. The van der Waals surface area contributed by atoms with Crippen LogP contribution in [0, 0.1) is 0 Å². The van der Waals surface area contributed by atoms with Gasteiger partial charge in [0.2, 0.25) is 0 Å². The van der Waals surface area contributed by atoms with Crippen molar-refractivity contribution < 1.29 is 9.47 Å². The summed E-state index contributed by atoms with van der Waals surface area (Å²) in [5.74, 6) is 1.01. The standard InChI is InChI=1S/C14H18O2/c1-2-4-12(5-3-1)16-13-8-6-11(7-9-13)14-10-15-14/h6-9,12,14H,1-5,10H2/t14-/m0/s1. The van der Waals surface area contributed by atoms with Gasteiger partial charge in [0.25, 0.3) is 0 Å². The van der Waals surface area contributed by atoms with Crippen molar-refractivity contribution in [1.29, 1.82) is 0 Å². The molecule has 3 rings (SSSR count). The second-order valence-electron chi connectivity index (χ2n) is 4.77. The zero-order chi connectivity index (χ0) is 10.8. The summed E-state index contributed by atoms with van der Waals surface area (Å²) in [5.41, 5.74) is 1.27. The van der Waals surface area contributed by atoms with Gasteiger partial charge < -0.3 is 9.47 Å². The van der Waals surface area contributed by atoms with Crippen molar-refractivity contribution in [3.05, 3.63) is 29.8 Å². The van der Waals surface area contributed by atoms with E-state index in [2.05, 4.69) is 24.3 Å². The maximum Gasteiger partial charge on any atom is 0.119 e. The Bertz CT molecular complexity index is 334. The van der Waals surface area contributed by atoms with Crippen molar-refractivity contribution in [3.63, 3.8) is 0 Å². The van der Waals surface area contributed by atoms with Gasteiger partial charge in [-0.2, -0.15) is 0 Å². The van der Waals surface area contributed by atoms with Crippen molar-refractivity contribution in [2.75, 3.05) is 6.61 Å². The molecule has 0 amide bonds. The minimum Gasteiger partial charge on any atom is -0.490 e. The smallest absolute Gasteiger partial charge is 0.119 e. The lowest BCUT2D eigenvalue weighted by Gasteiger charge is -2.23. The van der Waals surface area contributed by atoms with Gasteiger partial charge in [0, 0.05) is 0 Å². The SMILES string of the molecule is c1cc([C@@H]2CO2)ccc1OC1CCCCC1. The fourth-order valence-corrected chi connectivity index (χ4v) is 2.38. The Hall–Kier alpha value is -1.02. The lowest BCUT2D eigenvalue weighted by molar-refractivity contribution is 0.155. The van der Waals surface area contributed by atoms with Gasteiger partial charge in [-0.25, -0.2) is 0 Å². The fraction of sp³-hybridized carbons (Fsp3) is 0.571. The third kappa shape index (κ3) is 2.38. The molecule has 0 unspecified atom stereocenters. The Labute approximate surface area is 96.6 Å². The monoisotopic (exact) mass is 218 g/mol. The quantitative estimate of drug-likeness (QED) is 0.724. The Morgan fingerprint density at radius 3 is 2.31 bits per heavy atom. The summed E-state index contributed by atoms with van der Waals surface area (Å²) in [6, 6.07) is 8.39. The molecule has 1 heterocycles. The molecule has 1 saturated carbocycles. The Morgan fingerprint density at radius 2 is 1.69 bits per heavy atom. The van der Waals surface area contributed by atoms with E-state index < -0.39 is 0 Å². The van der Waals surface area contributed by atoms with E-state index in [9.17, 15) is 0 Å². The summed E-state index contributed by atoms with van der Waals surface area (Å²) in [6.45, 7) is 0.878. The Balaban J connectivity index is 1.60. The van der Waals surface area contributed by atoms with Gasteiger partial charge in [-0.3, -0.25) is 0 Å². The van der Waals surface area contributed by atoms with E-state index in [4.69, 9.17) is 9.47 Å². The highest BCUT2D eigenvalue weighted by molar-refractivity contribution is 5.30. The summed E-state index contributed by atoms with van der Waals surface area (Å²) < 4.78 is 11.2. The summed E-state index contributed by atoms with van der Waals surface area (Å²) >= 11 is 0. The molecule has 2 nitrogen and oxygen atoms in total. The van der Waals surface area contributed by atoms with Crippen LogP contribution >= 0.6 is 0 Å². The normalized spacial score (nSPS) is 25.4. The number of hydrogen-bond acceptors (Lipinski definition) is 2.